The topological polar surface area (TPSA) is 24.9 Å². The number of rotatable bonds is 12. The van der Waals surface area contributed by atoms with E-state index in [0.717, 1.165) is 50.8 Å². The molecular formula is C28H36N2O2. The zero-order valence-electron chi connectivity index (χ0n) is 20.0. The van der Waals surface area contributed by atoms with Crippen molar-refractivity contribution in [3.63, 3.8) is 0 Å². The summed E-state index contributed by atoms with van der Waals surface area (Å²) in [7, 11) is 0. The number of nitrogens with zero attached hydrogens (tertiary/aromatic N) is 2. The molecule has 1 aliphatic carbocycles. The second kappa shape index (κ2) is 10.4. The molecule has 1 aliphatic rings. The van der Waals surface area contributed by atoms with E-state index in [9.17, 15) is 0 Å². The van der Waals surface area contributed by atoms with Crippen LogP contribution in [0.25, 0.3) is 33.0 Å². The number of hydrogen-bond donors (Lipinski definition) is 0. The van der Waals surface area contributed by atoms with E-state index in [2.05, 4.69) is 86.0 Å². The Morgan fingerprint density at radius 1 is 0.625 bits per heavy atom. The second-order valence-corrected chi connectivity index (χ2v) is 8.30. The van der Waals surface area contributed by atoms with E-state index in [1.807, 2.05) is 0 Å². The third-order valence-electron chi connectivity index (χ3n) is 6.70. The fourth-order valence-electron chi connectivity index (χ4n) is 4.68. The summed E-state index contributed by atoms with van der Waals surface area (Å²) in [6, 6.07) is 17.4. The van der Waals surface area contributed by atoms with Gasteiger partial charge in [0.1, 0.15) is 24.7 Å². The Morgan fingerprint density at radius 2 is 1.25 bits per heavy atom. The van der Waals surface area contributed by atoms with Crippen molar-refractivity contribution in [2.45, 2.75) is 27.7 Å². The van der Waals surface area contributed by atoms with Gasteiger partial charge in [0.15, 0.2) is 0 Å². The first-order valence-electron chi connectivity index (χ1n) is 12.1. The molecule has 0 radical (unpaired) electrons. The molecule has 4 nitrogen and oxygen atoms in total. The van der Waals surface area contributed by atoms with Crippen LogP contribution in [0.2, 0.25) is 0 Å². The summed E-state index contributed by atoms with van der Waals surface area (Å²) in [5, 5.41) is 2.49. The molecule has 4 rings (SSSR count). The van der Waals surface area contributed by atoms with Gasteiger partial charge in [0.2, 0.25) is 0 Å². The van der Waals surface area contributed by atoms with Crippen LogP contribution in [0.4, 0.5) is 0 Å². The Morgan fingerprint density at radius 3 is 1.94 bits per heavy atom. The van der Waals surface area contributed by atoms with Crippen LogP contribution < -0.4 is 9.47 Å². The summed E-state index contributed by atoms with van der Waals surface area (Å²) >= 11 is 0. The molecule has 0 fully saturated rings. The average Bonchev–Trinajstić information content (AvgIpc) is 3.15. The van der Waals surface area contributed by atoms with Gasteiger partial charge in [-0.3, -0.25) is 0 Å². The Hall–Kier alpha value is -2.56. The number of hydrogen-bond acceptors (Lipinski definition) is 4. The summed E-state index contributed by atoms with van der Waals surface area (Å²) in [4.78, 5) is 4.77. The number of ether oxygens (including phenoxy) is 2. The van der Waals surface area contributed by atoms with Gasteiger partial charge >= 0.3 is 0 Å². The van der Waals surface area contributed by atoms with E-state index >= 15 is 0 Å². The van der Waals surface area contributed by atoms with Crippen LogP contribution in [0, 0.1) is 0 Å². The van der Waals surface area contributed by atoms with Gasteiger partial charge in [0, 0.05) is 23.9 Å². The summed E-state index contributed by atoms with van der Waals surface area (Å²) in [5.41, 5.74) is 5.10. The summed E-state index contributed by atoms with van der Waals surface area (Å²) in [6.45, 7) is 16.3. The molecule has 0 N–H and O–H groups in total. The van der Waals surface area contributed by atoms with Gasteiger partial charge in [0.05, 0.1) is 0 Å². The highest BCUT2D eigenvalue weighted by Gasteiger charge is 2.23. The van der Waals surface area contributed by atoms with Crippen molar-refractivity contribution in [3.8, 4) is 33.8 Å². The third-order valence-corrected chi connectivity index (χ3v) is 6.70. The monoisotopic (exact) mass is 432 g/mol. The van der Waals surface area contributed by atoms with Crippen LogP contribution >= 0.6 is 0 Å². The van der Waals surface area contributed by atoms with Crippen molar-refractivity contribution >= 4 is 10.8 Å². The number of fused-ring (bicyclic) bond motifs is 3. The van der Waals surface area contributed by atoms with E-state index in [-0.39, 0.29) is 0 Å². The van der Waals surface area contributed by atoms with Crippen molar-refractivity contribution < 1.29 is 9.47 Å². The molecular weight excluding hydrogens is 396 g/mol. The van der Waals surface area contributed by atoms with Crippen LogP contribution in [-0.4, -0.2) is 62.3 Å². The van der Waals surface area contributed by atoms with E-state index < -0.39 is 0 Å². The van der Waals surface area contributed by atoms with E-state index in [1.165, 1.54) is 33.0 Å². The second-order valence-electron chi connectivity index (χ2n) is 8.30. The summed E-state index contributed by atoms with van der Waals surface area (Å²) < 4.78 is 12.3. The van der Waals surface area contributed by atoms with Gasteiger partial charge in [0.25, 0.3) is 0 Å². The van der Waals surface area contributed by atoms with Crippen LogP contribution in [0.1, 0.15) is 27.7 Å². The molecule has 0 heterocycles. The Kier molecular flexibility index (Phi) is 7.33. The summed E-state index contributed by atoms with van der Waals surface area (Å²) in [5.74, 6) is 1.91. The predicted molar refractivity (Wildman–Crippen MR) is 135 cm³/mol. The lowest BCUT2D eigenvalue weighted by Gasteiger charge is -2.18. The van der Waals surface area contributed by atoms with Crippen LogP contribution in [0.5, 0.6) is 11.5 Å². The first-order chi connectivity index (χ1) is 15.7. The molecule has 0 bridgehead atoms. The molecule has 0 aliphatic heterocycles. The molecule has 0 atom stereocenters. The van der Waals surface area contributed by atoms with Crippen LogP contribution in [-0.2, 0) is 0 Å². The van der Waals surface area contributed by atoms with E-state index in [0.29, 0.717) is 13.2 Å². The minimum absolute atomic E-state index is 0.706. The maximum Gasteiger partial charge on any atom is 0.127 e. The lowest BCUT2D eigenvalue weighted by molar-refractivity contribution is 0.223. The van der Waals surface area contributed by atoms with Crippen molar-refractivity contribution in [1.82, 2.24) is 9.80 Å². The smallest absolute Gasteiger partial charge is 0.127 e. The maximum atomic E-state index is 6.24. The normalized spacial score (nSPS) is 12.1. The lowest BCUT2D eigenvalue weighted by Crippen LogP contribution is -2.27. The first kappa shape index (κ1) is 22.6. The minimum atomic E-state index is 0.706. The van der Waals surface area contributed by atoms with Gasteiger partial charge in [-0.05, 0) is 66.6 Å². The van der Waals surface area contributed by atoms with Gasteiger partial charge in [-0.15, -0.1) is 0 Å². The molecule has 0 amide bonds. The van der Waals surface area contributed by atoms with Crippen LogP contribution in [0.15, 0.2) is 48.5 Å². The summed E-state index contributed by atoms with van der Waals surface area (Å²) in [6.07, 6.45) is 0. The molecule has 32 heavy (non-hydrogen) atoms. The average molecular weight is 433 g/mol. The highest BCUT2D eigenvalue weighted by Crippen LogP contribution is 2.50. The molecule has 170 valence electrons. The molecule has 0 aromatic heterocycles. The molecule has 3 aromatic carbocycles. The lowest BCUT2D eigenvalue weighted by atomic mass is 10.0. The van der Waals surface area contributed by atoms with Crippen LogP contribution in [0.3, 0.4) is 0 Å². The molecule has 0 saturated carbocycles. The molecule has 0 spiro atoms. The first-order valence-corrected chi connectivity index (χ1v) is 12.1. The maximum absolute atomic E-state index is 6.24. The number of benzene rings is 3. The highest BCUT2D eigenvalue weighted by molar-refractivity contribution is 6.16. The third kappa shape index (κ3) is 4.48. The quantitative estimate of drug-likeness (QED) is 0.277. The van der Waals surface area contributed by atoms with Gasteiger partial charge < -0.3 is 19.3 Å². The molecule has 0 saturated heterocycles. The fourth-order valence-corrected chi connectivity index (χ4v) is 4.68. The standard InChI is InChI=1S/C28H36N2O2/c1-5-29(6-2)16-18-31-21-12-13-22-24-14-15-27(32-19-17-30(7-3)8-4)25-11-9-10-23(28(24)25)26(22)20-21/h9-15,20H,5-8,16-19H2,1-4H3. The van der Waals surface area contributed by atoms with E-state index in [1.54, 1.807) is 0 Å². The Bertz CT molecular complexity index is 1050. The fraction of sp³-hybridized carbons (Fsp3) is 0.429. The predicted octanol–water partition coefficient (Wildman–Crippen LogP) is 5.93. The minimum Gasteiger partial charge on any atom is -0.492 e. The SMILES string of the molecule is CCN(CC)CCOc1ccc2c(c1)-c1cccc3c(OCCN(CC)CC)ccc-2c13. The van der Waals surface area contributed by atoms with Crippen molar-refractivity contribution in [2.75, 3.05) is 52.5 Å². The van der Waals surface area contributed by atoms with Gasteiger partial charge in [-0.1, -0.05) is 58.0 Å². The Balaban J connectivity index is 1.56. The van der Waals surface area contributed by atoms with Gasteiger partial charge in [-0.25, -0.2) is 0 Å². The molecule has 4 heteroatoms. The largest absolute Gasteiger partial charge is 0.492 e. The van der Waals surface area contributed by atoms with Crippen molar-refractivity contribution in [3.05, 3.63) is 48.5 Å². The van der Waals surface area contributed by atoms with Crippen molar-refractivity contribution in [2.24, 2.45) is 0 Å². The van der Waals surface area contributed by atoms with Crippen molar-refractivity contribution in [1.29, 1.82) is 0 Å². The molecule has 0 unspecified atom stereocenters. The highest BCUT2D eigenvalue weighted by atomic mass is 16.5. The Labute approximate surface area is 192 Å². The van der Waals surface area contributed by atoms with Gasteiger partial charge in [-0.2, -0.15) is 0 Å². The number of likely N-dealkylation sites (N-methyl/N-ethyl adjacent to an activating group) is 2. The van der Waals surface area contributed by atoms with E-state index in [4.69, 9.17) is 9.47 Å². The zero-order chi connectivity index (χ0) is 22.5. The zero-order valence-corrected chi connectivity index (χ0v) is 20.0. The molecule has 3 aromatic rings.